The van der Waals surface area contributed by atoms with E-state index in [1.54, 1.807) is 30.3 Å². The third-order valence-electron chi connectivity index (χ3n) is 3.84. The molecule has 0 radical (unpaired) electrons. The highest BCUT2D eigenvalue weighted by molar-refractivity contribution is 7.98. The molecule has 1 aliphatic heterocycles. The van der Waals surface area contributed by atoms with Crippen LogP contribution in [0.4, 0.5) is 14.5 Å². The van der Waals surface area contributed by atoms with Gasteiger partial charge in [-0.05, 0) is 48.3 Å². The average Bonchev–Trinajstić information content (AvgIpc) is 2.71. The molecule has 2 N–H and O–H groups in total. The van der Waals surface area contributed by atoms with Gasteiger partial charge in [0.15, 0.2) is 11.6 Å². The molecular weight excluding hydrogens is 406 g/mol. The van der Waals surface area contributed by atoms with Gasteiger partial charge in [-0.15, -0.1) is 0 Å². The van der Waals surface area contributed by atoms with Crippen molar-refractivity contribution in [1.29, 1.82) is 0 Å². The third-order valence-corrected chi connectivity index (χ3v) is 5.01. The largest absolute Gasteiger partial charge is 0.450 e. The summed E-state index contributed by atoms with van der Waals surface area (Å²) in [5.41, 5.74) is 0.616. The van der Waals surface area contributed by atoms with Crippen LogP contribution in [0.15, 0.2) is 64.6 Å². The van der Waals surface area contributed by atoms with Gasteiger partial charge in [-0.1, -0.05) is 23.7 Å². The molecule has 0 bridgehead atoms. The fourth-order valence-corrected chi connectivity index (χ4v) is 3.37. The van der Waals surface area contributed by atoms with Crippen LogP contribution in [0.25, 0.3) is 0 Å². The predicted octanol–water partition coefficient (Wildman–Crippen LogP) is 5.38. The van der Waals surface area contributed by atoms with Gasteiger partial charge < -0.3 is 10.1 Å². The molecular formula is C19H13ClF2N4OS. The molecule has 0 spiro atoms. The smallest absolute Gasteiger partial charge is 0.206 e. The van der Waals surface area contributed by atoms with Crippen LogP contribution in [0, 0.1) is 11.6 Å². The normalized spacial score (nSPS) is 14.2. The number of halogens is 3. The molecule has 2 heterocycles. The van der Waals surface area contributed by atoms with E-state index in [1.165, 1.54) is 36.3 Å². The number of aromatic nitrogens is 1. The van der Waals surface area contributed by atoms with Gasteiger partial charge in [-0.3, -0.25) is 9.71 Å². The highest BCUT2D eigenvalue weighted by atomic mass is 35.5. The molecule has 0 amide bonds. The lowest BCUT2D eigenvalue weighted by Crippen LogP contribution is -2.30. The van der Waals surface area contributed by atoms with E-state index in [9.17, 15) is 8.78 Å². The lowest BCUT2D eigenvalue weighted by molar-refractivity contribution is 0.443. The second-order valence-electron chi connectivity index (χ2n) is 5.71. The van der Waals surface area contributed by atoms with Gasteiger partial charge in [0.05, 0.1) is 22.2 Å². The molecule has 0 atom stereocenters. The van der Waals surface area contributed by atoms with E-state index in [0.29, 0.717) is 27.3 Å². The fraction of sp³-hybridized carbons (Fsp3) is 0.0526. The summed E-state index contributed by atoms with van der Waals surface area (Å²) in [5, 5.41) is 3.36. The van der Waals surface area contributed by atoms with E-state index in [0.717, 1.165) is 0 Å². The van der Waals surface area contributed by atoms with Crippen molar-refractivity contribution in [2.75, 3.05) is 5.32 Å². The quantitative estimate of drug-likeness (QED) is 0.557. The maximum atomic E-state index is 14.5. The topological polar surface area (TPSA) is 58.5 Å². The van der Waals surface area contributed by atoms with Crippen molar-refractivity contribution < 1.29 is 13.5 Å². The molecule has 1 aliphatic rings. The lowest BCUT2D eigenvalue weighted by atomic mass is 10.2. The first-order chi connectivity index (χ1) is 13.6. The zero-order chi connectivity index (χ0) is 19.5. The molecule has 0 saturated carbocycles. The summed E-state index contributed by atoms with van der Waals surface area (Å²) in [6.07, 6.45) is 1.50. The Morgan fingerprint density at radius 1 is 1.07 bits per heavy atom. The number of rotatable bonds is 4. The summed E-state index contributed by atoms with van der Waals surface area (Å²) in [7, 11) is 0. The van der Waals surface area contributed by atoms with Gasteiger partial charge in [-0.25, -0.2) is 13.8 Å². The minimum atomic E-state index is -0.552. The van der Waals surface area contributed by atoms with Crippen LogP contribution in [-0.4, -0.2) is 10.9 Å². The summed E-state index contributed by atoms with van der Waals surface area (Å²) in [6.45, 7) is 0.0217. The number of nitrogens with one attached hydrogen (secondary N) is 2. The van der Waals surface area contributed by atoms with Crippen molar-refractivity contribution in [3.63, 3.8) is 0 Å². The van der Waals surface area contributed by atoms with Gasteiger partial charge in [0.25, 0.3) is 0 Å². The standard InChI is InChI=1S/C19H13ClF2N4OS/c20-11-4-1-2-6-15(11)27-18-13(22)7-8-16-17(18)25-19(26-28-16)24-10-14-12(21)5-3-9-23-14/h1-9H,10H2,(H2,24,25,26). The number of hydrogen-bond acceptors (Lipinski definition) is 4. The van der Waals surface area contributed by atoms with E-state index in [2.05, 4.69) is 20.0 Å². The van der Waals surface area contributed by atoms with Crippen molar-refractivity contribution in [1.82, 2.24) is 9.71 Å². The molecule has 28 heavy (non-hydrogen) atoms. The molecule has 0 aliphatic carbocycles. The highest BCUT2D eigenvalue weighted by Gasteiger charge is 2.22. The number of para-hydroxylation sites is 1. The van der Waals surface area contributed by atoms with Crippen molar-refractivity contribution >= 4 is 35.2 Å². The van der Waals surface area contributed by atoms with Crippen LogP contribution >= 0.6 is 23.5 Å². The number of nitrogens with zero attached hydrogens (tertiary/aromatic N) is 2. The van der Waals surface area contributed by atoms with Gasteiger partial charge in [0.2, 0.25) is 5.96 Å². The zero-order valence-corrected chi connectivity index (χ0v) is 15.8. The maximum absolute atomic E-state index is 14.5. The van der Waals surface area contributed by atoms with E-state index < -0.39 is 11.6 Å². The Morgan fingerprint density at radius 3 is 2.75 bits per heavy atom. The summed E-state index contributed by atoms with van der Waals surface area (Å²) in [4.78, 5) is 8.95. The molecule has 4 rings (SSSR count). The first-order valence-electron chi connectivity index (χ1n) is 8.20. The van der Waals surface area contributed by atoms with E-state index in [4.69, 9.17) is 16.3 Å². The number of aliphatic imine (C=N–C) groups is 1. The molecule has 0 fully saturated rings. The Morgan fingerprint density at radius 2 is 1.93 bits per heavy atom. The molecule has 0 unspecified atom stereocenters. The second-order valence-corrected chi connectivity index (χ2v) is 6.96. The Kier molecular flexibility index (Phi) is 5.31. The van der Waals surface area contributed by atoms with Crippen molar-refractivity contribution in [3.8, 4) is 11.5 Å². The number of anilines is 1. The molecule has 142 valence electrons. The number of benzene rings is 2. The third kappa shape index (κ3) is 3.88. The minimum absolute atomic E-state index is 0.00341. The summed E-state index contributed by atoms with van der Waals surface area (Å²) in [6, 6.07) is 12.6. The Labute approximate surface area is 168 Å². The van der Waals surface area contributed by atoms with Crippen molar-refractivity contribution in [2.45, 2.75) is 11.4 Å². The van der Waals surface area contributed by atoms with Gasteiger partial charge >= 0.3 is 0 Å². The van der Waals surface area contributed by atoms with Crippen LogP contribution in [0.3, 0.4) is 0 Å². The van der Waals surface area contributed by atoms with Gasteiger partial charge in [0, 0.05) is 6.20 Å². The molecule has 3 aromatic rings. The van der Waals surface area contributed by atoms with Crippen molar-refractivity contribution in [2.24, 2.45) is 4.99 Å². The summed E-state index contributed by atoms with van der Waals surface area (Å²) >= 11 is 7.36. The SMILES string of the molecule is Fc1cccnc1CN=C1NSc2ccc(F)c(Oc3ccccc3Cl)c2N1. The minimum Gasteiger partial charge on any atom is -0.450 e. The van der Waals surface area contributed by atoms with Crippen LogP contribution in [0.5, 0.6) is 11.5 Å². The summed E-state index contributed by atoms with van der Waals surface area (Å²) < 4.78 is 36.9. The van der Waals surface area contributed by atoms with Crippen molar-refractivity contribution in [3.05, 3.63) is 77.1 Å². The number of hydrogen-bond donors (Lipinski definition) is 2. The maximum Gasteiger partial charge on any atom is 0.206 e. The second kappa shape index (κ2) is 8.04. The average molecular weight is 419 g/mol. The molecule has 5 nitrogen and oxygen atoms in total. The Balaban J connectivity index is 1.62. The van der Waals surface area contributed by atoms with Crippen LogP contribution < -0.4 is 14.8 Å². The lowest BCUT2D eigenvalue weighted by Gasteiger charge is -2.23. The van der Waals surface area contributed by atoms with E-state index in [1.807, 2.05) is 0 Å². The van der Waals surface area contributed by atoms with Crippen LogP contribution in [-0.2, 0) is 6.54 Å². The van der Waals surface area contributed by atoms with Crippen LogP contribution in [0.1, 0.15) is 5.69 Å². The summed E-state index contributed by atoms with van der Waals surface area (Å²) in [5.74, 6) is -0.336. The van der Waals surface area contributed by atoms with E-state index >= 15 is 0 Å². The highest BCUT2D eigenvalue weighted by Crippen LogP contribution is 2.42. The number of ether oxygens (including phenoxy) is 1. The number of guanidine groups is 1. The zero-order valence-electron chi connectivity index (χ0n) is 14.2. The Hall–Kier alpha value is -2.84. The Bertz CT molecular complexity index is 1060. The molecule has 1 aromatic heterocycles. The number of fused-ring (bicyclic) bond motifs is 1. The number of pyridine rings is 1. The molecule has 0 saturated heterocycles. The first kappa shape index (κ1) is 18.5. The molecule has 9 heteroatoms. The van der Waals surface area contributed by atoms with E-state index in [-0.39, 0.29) is 18.0 Å². The van der Waals surface area contributed by atoms with Gasteiger partial charge in [-0.2, -0.15) is 0 Å². The van der Waals surface area contributed by atoms with Gasteiger partial charge in [0.1, 0.15) is 17.3 Å². The predicted molar refractivity (Wildman–Crippen MR) is 106 cm³/mol. The van der Waals surface area contributed by atoms with Crippen LogP contribution in [0.2, 0.25) is 5.02 Å². The monoisotopic (exact) mass is 418 g/mol. The molecule has 2 aromatic carbocycles. The first-order valence-corrected chi connectivity index (χ1v) is 9.40. The fourth-order valence-electron chi connectivity index (χ4n) is 2.49.